The Morgan fingerprint density at radius 1 is 1.50 bits per heavy atom. The predicted octanol–water partition coefficient (Wildman–Crippen LogP) is 1.99. The average Bonchev–Trinajstić information content (AvgIpc) is 2.51. The van der Waals surface area contributed by atoms with Crippen molar-refractivity contribution in [3.05, 3.63) is 0 Å². The van der Waals surface area contributed by atoms with E-state index in [2.05, 4.69) is 22.6 Å². The molecule has 1 heterocycles. The number of rotatable bonds is 4. The topological polar surface area (TPSA) is 12.5 Å². The van der Waals surface area contributed by atoms with Gasteiger partial charge in [0.1, 0.15) is 0 Å². The van der Waals surface area contributed by atoms with E-state index in [0.717, 1.165) is 6.61 Å². The molecule has 1 nitrogen and oxygen atoms in total. The van der Waals surface area contributed by atoms with Gasteiger partial charge >= 0.3 is 0 Å². The van der Waals surface area contributed by atoms with Gasteiger partial charge in [-0.15, -0.1) is 0 Å². The van der Waals surface area contributed by atoms with Crippen molar-refractivity contribution in [1.29, 1.82) is 0 Å². The lowest BCUT2D eigenvalue weighted by atomic mass is 10.2. The second kappa shape index (κ2) is 3.67. The molecule has 0 aromatic carbocycles. The van der Waals surface area contributed by atoms with Crippen LogP contribution < -0.4 is 0 Å². The maximum Gasteiger partial charge on any atom is 0.0810 e. The van der Waals surface area contributed by atoms with Gasteiger partial charge in [-0.3, -0.25) is 0 Å². The molecule has 1 aliphatic rings. The normalized spacial score (nSPS) is 25.9. The molecule has 0 N–H and O–H groups in total. The molecule has 0 aromatic heterocycles. The highest BCUT2D eigenvalue weighted by molar-refractivity contribution is 14.1. The van der Waals surface area contributed by atoms with E-state index < -0.39 is 0 Å². The second-order valence-corrected chi connectivity index (χ2v) is 3.22. The summed E-state index contributed by atoms with van der Waals surface area (Å²) in [6.07, 6.45) is 4.66. The van der Waals surface area contributed by atoms with Gasteiger partial charge in [-0.25, -0.2) is 0 Å². The van der Waals surface area contributed by atoms with E-state index in [0.29, 0.717) is 6.10 Å². The molecule has 1 rings (SSSR count). The van der Waals surface area contributed by atoms with E-state index in [-0.39, 0.29) is 0 Å². The third kappa shape index (κ3) is 2.87. The van der Waals surface area contributed by atoms with Crippen LogP contribution in [0.2, 0.25) is 0 Å². The third-order valence-electron chi connectivity index (χ3n) is 1.31. The molecule has 1 atom stereocenters. The van der Waals surface area contributed by atoms with Crippen molar-refractivity contribution in [3.8, 4) is 0 Å². The summed E-state index contributed by atoms with van der Waals surface area (Å²) >= 11 is 2.41. The van der Waals surface area contributed by atoms with Crippen molar-refractivity contribution in [2.45, 2.75) is 25.4 Å². The highest BCUT2D eigenvalue weighted by Crippen LogP contribution is 2.16. The number of halogens is 1. The first-order valence-electron chi connectivity index (χ1n) is 3.11. The van der Waals surface area contributed by atoms with E-state index >= 15 is 0 Å². The van der Waals surface area contributed by atoms with Crippen LogP contribution in [-0.2, 0) is 4.74 Å². The lowest BCUT2D eigenvalue weighted by molar-refractivity contribution is 0.391. The van der Waals surface area contributed by atoms with Gasteiger partial charge < -0.3 is 4.74 Å². The molecule has 48 valence electrons. The van der Waals surface area contributed by atoms with Gasteiger partial charge in [0.2, 0.25) is 0 Å². The Kier molecular flexibility index (Phi) is 3.12. The Hall–Kier alpha value is 0.690. The molecule has 1 unspecified atom stereocenters. The minimum absolute atomic E-state index is 0.651. The van der Waals surface area contributed by atoms with Crippen LogP contribution in [0.15, 0.2) is 0 Å². The zero-order valence-electron chi connectivity index (χ0n) is 4.90. The Morgan fingerprint density at radius 3 is 2.75 bits per heavy atom. The third-order valence-corrected chi connectivity index (χ3v) is 2.07. The van der Waals surface area contributed by atoms with Crippen molar-refractivity contribution in [2.75, 3.05) is 11.0 Å². The highest BCUT2D eigenvalue weighted by atomic mass is 127. The van der Waals surface area contributed by atoms with E-state index in [1.165, 1.54) is 23.7 Å². The summed E-state index contributed by atoms with van der Waals surface area (Å²) in [5.74, 6) is 0. The van der Waals surface area contributed by atoms with Crippen LogP contribution in [-0.4, -0.2) is 17.1 Å². The molecule has 0 bridgehead atoms. The Labute approximate surface area is 63.9 Å². The van der Waals surface area contributed by atoms with E-state index in [1.807, 2.05) is 0 Å². The van der Waals surface area contributed by atoms with E-state index in [9.17, 15) is 0 Å². The monoisotopic (exact) mass is 226 g/mol. The number of unbranched alkanes of at least 4 members (excludes halogenated alkanes) is 1. The van der Waals surface area contributed by atoms with Crippen molar-refractivity contribution in [2.24, 2.45) is 0 Å². The van der Waals surface area contributed by atoms with Crippen molar-refractivity contribution in [1.82, 2.24) is 0 Å². The van der Waals surface area contributed by atoms with Gasteiger partial charge in [0.25, 0.3) is 0 Å². The molecule has 1 saturated heterocycles. The smallest absolute Gasteiger partial charge is 0.0810 e. The average molecular weight is 226 g/mol. The SMILES string of the molecule is ICCCCC1CO1. The predicted molar refractivity (Wildman–Crippen MR) is 42.5 cm³/mol. The fourth-order valence-electron chi connectivity index (χ4n) is 0.701. The summed E-state index contributed by atoms with van der Waals surface area (Å²) in [6.45, 7) is 1.03. The van der Waals surface area contributed by atoms with Crippen LogP contribution in [0.25, 0.3) is 0 Å². The molecule has 2 heteroatoms. The van der Waals surface area contributed by atoms with Crippen molar-refractivity contribution >= 4 is 22.6 Å². The van der Waals surface area contributed by atoms with Crippen LogP contribution in [0.3, 0.4) is 0 Å². The molecule has 1 aliphatic heterocycles. The first-order valence-corrected chi connectivity index (χ1v) is 4.63. The van der Waals surface area contributed by atoms with Gasteiger partial charge in [-0.1, -0.05) is 29.0 Å². The maximum absolute atomic E-state index is 5.05. The first-order chi connectivity index (χ1) is 3.93. The molecule has 0 spiro atoms. The van der Waals surface area contributed by atoms with E-state index in [1.54, 1.807) is 0 Å². The lowest BCUT2D eigenvalue weighted by Gasteiger charge is -1.90. The number of hydrogen-bond donors (Lipinski definition) is 0. The second-order valence-electron chi connectivity index (χ2n) is 2.14. The summed E-state index contributed by atoms with van der Waals surface area (Å²) in [7, 11) is 0. The minimum atomic E-state index is 0.651. The molecule has 0 radical (unpaired) electrons. The summed E-state index contributed by atoms with van der Waals surface area (Å²) in [4.78, 5) is 0. The molecule has 0 saturated carbocycles. The number of hydrogen-bond acceptors (Lipinski definition) is 1. The van der Waals surface area contributed by atoms with Crippen LogP contribution in [0.5, 0.6) is 0 Å². The standard InChI is InChI=1S/C6H11IO/c7-4-2-1-3-6-5-8-6/h6H,1-5H2. The molecule has 0 aliphatic carbocycles. The van der Waals surface area contributed by atoms with Gasteiger partial charge in [-0.2, -0.15) is 0 Å². The molecule has 0 aromatic rings. The summed E-state index contributed by atoms with van der Waals surface area (Å²) in [6, 6.07) is 0. The van der Waals surface area contributed by atoms with Crippen LogP contribution in [0, 0.1) is 0 Å². The van der Waals surface area contributed by atoms with Gasteiger partial charge in [0, 0.05) is 0 Å². The van der Waals surface area contributed by atoms with Crippen LogP contribution in [0.4, 0.5) is 0 Å². The zero-order chi connectivity index (χ0) is 5.82. The highest BCUT2D eigenvalue weighted by Gasteiger charge is 2.20. The minimum Gasteiger partial charge on any atom is -0.373 e. The molecular formula is C6H11IO. The fraction of sp³-hybridized carbons (Fsp3) is 1.00. The van der Waals surface area contributed by atoms with Crippen LogP contribution in [0.1, 0.15) is 19.3 Å². The number of alkyl halides is 1. The summed E-state index contributed by atoms with van der Waals surface area (Å²) in [5.41, 5.74) is 0. The Balaban J connectivity index is 1.74. The first kappa shape index (κ1) is 6.81. The molecule has 8 heavy (non-hydrogen) atoms. The van der Waals surface area contributed by atoms with Crippen LogP contribution >= 0.6 is 22.6 Å². The molecular weight excluding hydrogens is 215 g/mol. The quantitative estimate of drug-likeness (QED) is 0.309. The van der Waals surface area contributed by atoms with Gasteiger partial charge in [-0.05, 0) is 17.3 Å². The van der Waals surface area contributed by atoms with Gasteiger partial charge in [0.05, 0.1) is 12.7 Å². The van der Waals surface area contributed by atoms with Crippen molar-refractivity contribution < 1.29 is 4.74 Å². The number of epoxide rings is 1. The van der Waals surface area contributed by atoms with Gasteiger partial charge in [0.15, 0.2) is 0 Å². The van der Waals surface area contributed by atoms with Crippen molar-refractivity contribution in [3.63, 3.8) is 0 Å². The summed E-state index contributed by atoms with van der Waals surface area (Å²) < 4.78 is 6.35. The summed E-state index contributed by atoms with van der Waals surface area (Å²) in [5, 5.41) is 0. The lowest BCUT2D eigenvalue weighted by Crippen LogP contribution is -1.84. The molecule has 0 amide bonds. The largest absolute Gasteiger partial charge is 0.373 e. The Bertz CT molecular complexity index is 61.5. The maximum atomic E-state index is 5.05. The zero-order valence-corrected chi connectivity index (χ0v) is 7.06. The van der Waals surface area contributed by atoms with E-state index in [4.69, 9.17) is 4.74 Å². The Morgan fingerprint density at radius 2 is 2.25 bits per heavy atom. The number of ether oxygens (including phenoxy) is 1. The molecule has 1 fully saturated rings. The fourth-order valence-corrected chi connectivity index (χ4v) is 1.24.